The Balaban J connectivity index is 1.56. The second-order valence-corrected chi connectivity index (χ2v) is 6.09. The van der Waals surface area contributed by atoms with Crippen molar-refractivity contribution >= 4 is 11.8 Å². The van der Waals surface area contributed by atoms with Crippen molar-refractivity contribution in [1.29, 1.82) is 0 Å². The van der Waals surface area contributed by atoms with Gasteiger partial charge < -0.3 is 16.0 Å². The summed E-state index contributed by atoms with van der Waals surface area (Å²) in [5.74, 6) is -0.0521. The van der Waals surface area contributed by atoms with Crippen LogP contribution >= 0.6 is 0 Å². The molecule has 2 fully saturated rings. The number of hydrogen-bond acceptors (Lipinski definition) is 4. The molecule has 1 atom stereocenters. The van der Waals surface area contributed by atoms with Crippen LogP contribution in [0.25, 0.3) is 0 Å². The average Bonchev–Trinajstić information content (AvgIpc) is 2.94. The highest BCUT2D eigenvalue weighted by molar-refractivity contribution is 5.95. The van der Waals surface area contributed by atoms with Gasteiger partial charge in [0.1, 0.15) is 0 Å². The highest BCUT2D eigenvalue weighted by Crippen LogP contribution is 2.53. The third-order valence-corrected chi connectivity index (χ3v) is 4.82. The molecule has 2 amide bonds. The molecule has 1 aromatic heterocycles. The Labute approximate surface area is 123 Å². The Bertz CT molecular complexity index is 559. The van der Waals surface area contributed by atoms with Gasteiger partial charge in [0.2, 0.25) is 5.91 Å². The van der Waals surface area contributed by atoms with E-state index < -0.39 is 0 Å². The molecule has 1 saturated heterocycles. The summed E-state index contributed by atoms with van der Waals surface area (Å²) in [6, 6.07) is 0.237. The quantitative estimate of drug-likeness (QED) is 0.716. The highest BCUT2D eigenvalue weighted by atomic mass is 16.2. The highest BCUT2D eigenvalue weighted by Gasteiger charge is 2.55. The lowest BCUT2D eigenvalue weighted by Gasteiger charge is -2.32. The number of rotatable bonds is 3. The molecule has 0 bridgehead atoms. The molecule has 4 N–H and O–H groups in total. The summed E-state index contributed by atoms with van der Waals surface area (Å²) in [6.07, 6.45) is 4.46. The lowest BCUT2D eigenvalue weighted by molar-refractivity contribution is -0.120. The van der Waals surface area contributed by atoms with E-state index in [4.69, 9.17) is 5.73 Å². The summed E-state index contributed by atoms with van der Waals surface area (Å²) < 4.78 is 0. The van der Waals surface area contributed by atoms with E-state index in [1.165, 1.54) is 0 Å². The molecule has 1 saturated carbocycles. The Morgan fingerprint density at radius 1 is 1.52 bits per heavy atom. The smallest absolute Gasteiger partial charge is 0.257 e. The van der Waals surface area contributed by atoms with Crippen LogP contribution in [0.15, 0.2) is 6.20 Å². The van der Waals surface area contributed by atoms with Crippen molar-refractivity contribution < 1.29 is 9.59 Å². The van der Waals surface area contributed by atoms with Gasteiger partial charge in [0.15, 0.2) is 0 Å². The van der Waals surface area contributed by atoms with Gasteiger partial charge in [0.05, 0.1) is 18.3 Å². The zero-order chi connectivity index (χ0) is 15.0. The summed E-state index contributed by atoms with van der Waals surface area (Å²) in [7, 11) is 0. The van der Waals surface area contributed by atoms with E-state index in [0.29, 0.717) is 5.56 Å². The Morgan fingerprint density at radius 3 is 2.81 bits per heavy atom. The van der Waals surface area contributed by atoms with E-state index >= 15 is 0 Å². The number of H-pyrrole nitrogens is 1. The van der Waals surface area contributed by atoms with Crippen molar-refractivity contribution in [1.82, 2.24) is 20.4 Å². The minimum atomic E-state index is -0.0931. The van der Waals surface area contributed by atoms with E-state index in [0.717, 1.165) is 38.0 Å². The first-order chi connectivity index (χ1) is 10.1. The number of aromatic amines is 1. The fourth-order valence-electron chi connectivity index (χ4n) is 3.25. The molecule has 3 rings (SSSR count). The van der Waals surface area contributed by atoms with Gasteiger partial charge in [-0.25, -0.2) is 0 Å². The first kappa shape index (κ1) is 14.1. The van der Waals surface area contributed by atoms with Crippen molar-refractivity contribution in [2.75, 3.05) is 19.6 Å². The maximum absolute atomic E-state index is 12.4. The lowest BCUT2D eigenvalue weighted by Crippen LogP contribution is -2.42. The first-order valence-electron chi connectivity index (χ1n) is 7.34. The SMILES string of the molecule is Cc1[nH]ncc1C(=O)N1CCC2(CC1)CC2NC(=O)CN. The van der Waals surface area contributed by atoms with Gasteiger partial charge in [-0.05, 0) is 31.6 Å². The number of nitrogens with one attached hydrogen (secondary N) is 2. The van der Waals surface area contributed by atoms with Crippen LogP contribution in [0.1, 0.15) is 35.3 Å². The maximum atomic E-state index is 12.4. The van der Waals surface area contributed by atoms with E-state index in [-0.39, 0.29) is 29.8 Å². The topological polar surface area (TPSA) is 104 Å². The predicted molar refractivity (Wildman–Crippen MR) is 76.5 cm³/mol. The van der Waals surface area contributed by atoms with E-state index in [1.807, 2.05) is 11.8 Å². The first-order valence-corrected chi connectivity index (χ1v) is 7.34. The van der Waals surface area contributed by atoms with Crippen LogP contribution < -0.4 is 11.1 Å². The van der Waals surface area contributed by atoms with Crippen LogP contribution in [0.3, 0.4) is 0 Å². The molecule has 1 aliphatic heterocycles. The number of aryl methyl sites for hydroxylation is 1. The third-order valence-electron chi connectivity index (χ3n) is 4.82. The minimum Gasteiger partial charge on any atom is -0.352 e. The van der Waals surface area contributed by atoms with E-state index in [1.54, 1.807) is 6.20 Å². The van der Waals surface area contributed by atoms with Gasteiger partial charge in [-0.3, -0.25) is 14.7 Å². The van der Waals surface area contributed by atoms with Crippen LogP contribution in [0.2, 0.25) is 0 Å². The number of carbonyl (C=O) groups excluding carboxylic acids is 2. The molecule has 2 heterocycles. The molecule has 1 spiro atoms. The lowest BCUT2D eigenvalue weighted by atomic mass is 9.92. The number of likely N-dealkylation sites (tertiary alicyclic amines) is 1. The van der Waals surface area contributed by atoms with Crippen LogP contribution in [0.4, 0.5) is 0 Å². The number of piperidine rings is 1. The van der Waals surface area contributed by atoms with E-state index in [9.17, 15) is 9.59 Å². The van der Waals surface area contributed by atoms with Gasteiger partial charge in [0.25, 0.3) is 5.91 Å². The number of amides is 2. The Kier molecular flexibility index (Phi) is 3.44. The molecule has 114 valence electrons. The molecule has 1 aliphatic carbocycles. The second kappa shape index (κ2) is 5.14. The largest absolute Gasteiger partial charge is 0.352 e. The van der Waals surface area contributed by atoms with Crippen LogP contribution in [-0.4, -0.2) is 52.6 Å². The molecule has 1 unspecified atom stereocenters. The van der Waals surface area contributed by atoms with Crippen LogP contribution in [0, 0.1) is 12.3 Å². The van der Waals surface area contributed by atoms with Gasteiger partial charge >= 0.3 is 0 Å². The van der Waals surface area contributed by atoms with Crippen molar-refractivity contribution in [2.45, 2.75) is 32.2 Å². The van der Waals surface area contributed by atoms with Crippen LogP contribution in [-0.2, 0) is 4.79 Å². The monoisotopic (exact) mass is 291 g/mol. The van der Waals surface area contributed by atoms with Crippen molar-refractivity contribution in [3.63, 3.8) is 0 Å². The molecule has 1 aromatic rings. The predicted octanol–water partition coefficient (Wildman–Crippen LogP) is -0.212. The number of carbonyl (C=O) groups is 2. The third kappa shape index (κ3) is 2.53. The molecule has 0 radical (unpaired) electrons. The molecule has 7 heteroatoms. The molecule has 0 aromatic carbocycles. The zero-order valence-corrected chi connectivity index (χ0v) is 12.2. The number of hydrogen-bond donors (Lipinski definition) is 3. The van der Waals surface area contributed by atoms with Gasteiger partial charge in [-0.1, -0.05) is 0 Å². The van der Waals surface area contributed by atoms with Crippen molar-refractivity contribution in [3.8, 4) is 0 Å². The number of nitrogens with zero attached hydrogens (tertiary/aromatic N) is 2. The van der Waals surface area contributed by atoms with Crippen molar-refractivity contribution in [2.24, 2.45) is 11.1 Å². The second-order valence-electron chi connectivity index (χ2n) is 6.09. The average molecular weight is 291 g/mol. The van der Waals surface area contributed by atoms with E-state index in [2.05, 4.69) is 15.5 Å². The molecule has 2 aliphatic rings. The molecular formula is C14H21N5O2. The Morgan fingerprint density at radius 2 is 2.24 bits per heavy atom. The summed E-state index contributed by atoms with van der Waals surface area (Å²) >= 11 is 0. The fourth-order valence-corrected chi connectivity index (χ4v) is 3.25. The molecular weight excluding hydrogens is 270 g/mol. The summed E-state index contributed by atoms with van der Waals surface area (Å²) in [5, 5.41) is 9.66. The van der Waals surface area contributed by atoms with Crippen molar-refractivity contribution in [3.05, 3.63) is 17.5 Å². The summed E-state index contributed by atoms with van der Waals surface area (Å²) in [5.41, 5.74) is 6.96. The Hall–Kier alpha value is -1.89. The summed E-state index contributed by atoms with van der Waals surface area (Å²) in [4.78, 5) is 25.6. The minimum absolute atomic E-state index is 0.0386. The molecule has 7 nitrogen and oxygen atoms in total. The normalized spacial score (nSPS) is 23.1. The standard InChI is InChI=1S/C14H21N5O2/c1-9-10(8-16-18-9)13(21)19-4-2-14(3-5-19)6-11(14)17-12(20)7-15/h8,11H,2-7,15H2,1H3,(H,16,18)(H,17,20). The molecule has 21 heavy (non-hydrogen) atoms. The van der Waals surface area contributed by atoms with Gasteiger partial charge in [-0.15, -0.1) is 0 Å². The fraction of sp³-hybridized carbons (Fsp3) is 0.643. The number of nitrogens with two attached hydrogens (primary N) is 1. The maximum Gasteiger partial charge on any atom is 0.257 e. The van der Waals surface area contributed by atoms with Gasteiger partial charge in [-0.2, -0.15) is 5.10 Å². The number of aromatic nitrogens is 2. The van der Waals surface area contributed by atoms with Gasteiger partial charge in [0, 0.05) is 24.8 Å². The summed E-state index contributed by atoms with van der Waals surface area (Å²) in [6.45, 7) is 3.36. The zero-order valence-electron chi connectivity index (χ0n) is 12.2. The van der Waals surface area contributed by atoms with Crippen LogP contribution in [0.5, 0.6) is 0 Å².